The number of rotatable bonds is 4. The van der Waals surface area contributed by atoms with Gasteiger partial charge in [0.15, 0.2) is 5.82 Å². The predicted octanol–water partition coefficient (Wildman–Crippen LogP) is 1.51. The molecule has 24 heavy (non-hydrogen) atoms. The Hall–Kier alpha value is -2.44. The second-order valence-electron chi connectivity index (χ2n) is 6.74. The molecule has 2 aromatic rings. The predicted molar refractivity (Wildman–Crippen MR) is 94.7 cm³/mol. The zero-order valence-electron chi connectivity index (χ0n) is 14.2. The molecule has 2 aromatic heterocycles. The summed E-state index contributed by atoms with van der Waals surface area (Å²) in [6, 6.07) is 4.52. The van der Waals surface area contributed by atoms with E-state index in [2.05, 4.69) is 36.4 Å². The number of aromatic nitrogens is 4. The normalized spacial score (nSPS) is 19.4. The van der Waals surface area contributed by atoms with Crippen LogP contribution in [-0.2, 0) is 12.8 Å². The topological polar surface area (TPSA) is 70.1 Å². The maximum atomic E-state index is 4.54. The third kappa shape index (κ3) is 2.98. The minimum Gasteiger partial charge on any atom is -0.365 e. The van der Waals surface area contributed by atoms with Crippen molar-refractivity contribution in [2.75, 3.05) is 42.3 Å². The number of aryl methyl sites for hydroxylation is 2. The SMILES string of the molecule is CN(C)c1nccc(NC2CCN(c3cc4c(nn3)CCC4)C2)n1. The van der Waals surface area contributed by atoms with Gasteiger partial charge >= 0.3 is 0 Å². The van der Waals surface area contributed by atoms with Crippen LogP contribution in [0.4, 0.5) is 17.6 Å². The van der Waals surface area contributed by atoms with E-state index in [0.717, 1.165) is 49.9 Å². The summed E-state index contributed by atoms with van der Waals surface area (Å²) in [7, 11) is 3.89. The molecule has 7 heteroatoms. The van der Waals surface area contributed by atoms with Crippen molar-refractivity contribution < 1.29 is 0 Å². The van der Waals surface area contributed by atoms with Crippen molar-refractivity contribution in [2.45, 2.75) is 31.7 Å². The summed E-state index contributed by atoms with van der Waals surface area (Å²) in [5.74, 6) is 2.61. The highest BCUT2D eigenvalue weighted by Gasteiger charge is 2.25. The molecule has 1 aliphatic heterocycles. The van der Waals surface area contributed by atoms with Crippen LogP contribution in [0.2, 0.25) is 0 Å². The van der Waals surface area contributed by atoms with Crippen molar-refractivity contribution in [1.29, 1.82) is 0 Å². The molecule has 4 rings (SSSR count). The Bertz CT molecular complexity index is 731. The monoisotopic (exact) mass is 325 g/mol. The van der Waals surface area contributed by atoms with Crippen LogP contribution in [0.15, 0.2) is 18.3 Å². The van der Waals surface area contributed by atoms with Gasteiger partial charge in [0.25, 0.3) is 0 Å². The van der Waals surface area contributed by atoms with Gasteiger partial charge in [0, 0.05) is 39.4 Å². The van der Waals surface area contributed by atoms with Crippen LogP contribution < -0.4 is 15.1 Å². The van der Waals surface area contributed by atoms with Gasteiger partial charge in [-0.2, -0.15) is 10.1 Å². The van der Waals surface area contributed by atoms with Gasteiger partial charge in [-0.3, -0.25) is 0 Å². The van der Waals surface area contributed by atoms with E-state index in [0.29, 0.717) is 6.04 Å². The molecule has 1 fully saturated rings. The van der Waals surface area contributed by atoms with Gasteiger partial charge in [-0.1, -0.05) is 0 Å². The minimum absolute atomic E-state index is 0.366. The quantitative estimate of drug-likeness (QED) is 0.913. The third-order valence-electron chi connectivity index (χ3n) is 4.71. The standard InChI is InChI=1S/C17H23N7/c1-23(2)17-18-8-6-15(20-17)19-13-7-9-24(11-13)16-10-12-4-3-5-14(12)21-22-16/h6,8,10,13H,3-5,7,9,11H2,1-2H3,(H,18,19,20). The van der Waals surface area contributed by atoms with E-state index in [9.17, 15) is 0 Å². The van der Waals surface area contributed by atoms with Gasteiger partial charge in [-0.05, 0) is 43.4 Å². The maximum Gasteiger partial charge on any atom is 0.226 e. The van der Waals surface area contributed by atoms with Gasteiger partial charge in [-0.25, -0.2) is 4.98 Å². The molecule has 0 aromatic carbocycles. The van der Waals surface area contributed by atoms with Crippen LogP contribution >= 0.6 is 0 Å². The summed E-state index contributed by atoms with van der Waals surface area (Å²) in [5, 5.41) is 12.4. The second-order valence-corrected chi connectivity index (χ2v) is 6.74. The highest BCUT2D eigenvalue weighted by Crippen LogP contribution is 2.25. The van der Waals surface area contributed by atoms with Gasteiger partial charge in [0.1, 0.15) is 5.82 Å². The van der Waals surface area contributed by atoms with Crippen molar-refractivity contribution in [3.05, 3.63) is 29.6 Å². The zero-order valence-corrected chi connectivity index (χ0v) is 14.2. The molecule has 7 nitrogen and oxygen atoms in total. The smallest absolute Gasteiger partial charge is 0.226 e. The Morgan fingerprint density at radius 2 is 2.17 bits per heavy atom. The molecule has 1 atom stereocenters. The highest BCUT2D eigenvalue weighted by atomic mass is 15.3. The summed E-state index contributed by atoms with van der Waals surface area (Å²) in [4.78, 5) is 13.0. The molecule has 1 aliphatic carbocycles. The fourth-order valence-corrected chi connectivity index (χ4v) is 3.41. The second kappa shape index (κ2) is 6.22. The fraction of sp³-hybridized carbons (Fsp3) is 0.529. The molecule has 2 aliphatic rings. The first-order valence-corrected chi connectivity index (χ1v) is 8.56. The van der Waals surface area contributed by atoms with Gasteiger partial charge in [-0.15, -0.1) is 5.10 Å². The average molecular weight is 325 g/mol. The Labute approximate surface area is 142 Å². The van der Waals surface area contributed by atoms with Crippen molar-refractivity contribution in [1.82, 2.24) is 20.2 Å². The first-order chi connectivity index (χ1) is 11.7. The van der Waals surface area contributed by atoms with Crippen LogP contribution in [0.25, 0.3) is 0 Å². The molecule has 1 saturated heterocycles. The van der Waals surface area contributed by atoms with Crippen molar-refractivity contribution in [2.24, 2.45) is 0 Å². The lowest BCUT2D eigenvalue weighted by Gasteiger charge is -2.19. The van der Waals surface area contributed by atoms with Crippen LogP contribution in [0.5, 0.6) is 0 Å². The largest absolute Gasteiger partial charge is 0.365 e. The molecule has 3 heterocycles. The molecule has 1 N–H and O–H groups in total. The summed E-state index contributed by atoms with van der Waals surface area (Å²) < 4.78 is 0. The van der Waals surface area contributed by atoms with Crippen molar-refractivity contribution >= 4 is 17.6 Å². The van der Waals surface area contributed by atoms with Crippen LogP contribution in [-0.4, -0.2) is 53.4 Å². The van der Waals surface area contributed by atoms with E-state index in [4.69, 9.17) is 0 Å². The van der Waals surface area contributed by atoms with Gasteiger partial charge < -0.3 is 15.1 Å². The number of hydrogen-bond acceptors (Lipinski definition) is 7. The Morgan fingerprint density at radius 3 is 3.04 bits per heavy atom. The lowest BCUT2D eigenvalue weighted by Crippen LogP contribution is -2.27. The van der Waals surface area contributed by atoms with E-state index < -0.39 is 0 Å². The van der Waals surface area contributed by atoms with E-state index in [1.807, 2.05) is 25.1 Å². The van der Waals surface area contributed by atoms with Crippen molar-refractivity contribution in [3.8, 4) is 0 Å². The van der Waals surface area contributed by atoms with E-state index in [1.165, 1.54) is 17.7 Å². The first kappa shape index (κ1) is 15.1. The van der Waals surface area contributed by atoms with E-state index in [1.54, 1.807) is 6.20 Å². The Balaban J connectivity index is 1.42. The molecule has 0 amide bonds. The number of hydrogen-bond donors (Lipinski definition) is 1. The summed E-state index contributed by atoms with van der Waals surface area (Å²) >= 11 is 0. The fourth-order valence-electron chi connectivity index (χ4n) is 3.41. The molecular formula is C17H23N7. The van der Waals surface area contributed by atoms with Gasteiger partial charge in [0.05, 0.1) is 5.69 Å². The lowest BCUT2D eigenvalue weighted by atomic mass is 10.2. The van der Waals surface area contributed by atoms with Crippen LogP contribution in [0.3, 0.4) is 0 Å². The number of anilines is 3. The first-order valence-electron chi connectivity index (χ1n) is 8.56. The Morgan fingerprint density at radius 1 is 1.25 bits per heavy atom. The van der Waals surface area contributed by atoms with Crippen molar-refractivity contribution in [3.63, 3.8) is 0 Å². The summed E-state index contributed by atoms with van der Waals surface area (Å²) in [6.07, 6.45) is 6.29. The minimum atomic E-state index is 0.366. The highest BCUT2D eigenvalue weighted by molar-refractivity contribution is 5.46. The molecule has 0 bridgehead atoms. The molecule has 0 radical (unpaired) electrons. The number of nitrogens with zero attached hydrogens (tertiary/aromatic N) is 6. The molecule has 0 spiro atoms. The number of nitrogens with one attached hydrogen (secondary N) is 1. The lowest BCUT2D eigenvalue weighted by molar-refractivity contribution is 0.795. The molecule has 0 saturated carbocycles. The van der Waals surface area contributed by atoms with Crippen LogP contribution in [0, 0.1) is 0 Å². The van der Waals surface area contributed by atoms with Gasteiger partial charge in [0.2, 0.25) is 5.95 Å². The zero-order chi connectivity index (χ0) is 16.5. The molecule has 126 valence electrons. The third-order valence-corrected chi connectivity index (χ3v) is 4.71. The van der Waals surface area contributed by atoms with E-state index >= 15 is 0 Å². The van der Waals surface area contributed by atoms with Crippen LogP contribution in [0.1, 0.15) is 24.1 Å². The molecule has 1 unspecified atom stereocenters. The average Bonchev–Trinajstić information content (AvgIpc) is 3.23. The van der Waals surface area contributed by atoms with E-state index in [-0.39, 0.29) is 0 Å². The summed E-state index contributed by atoms with van der Waals surface area (Å²) in [5.41, 5.74) is 2.56. The Kier molecular flexibility index (Phi) is 3.92. The number of fused-ring (bicyclic) bond motifs is 1. The maximum absolute atomic E-state index is 4.54. The summed E-state index contributed by atoms with van der Waals surface area (Å²) in [6.45, 7) is 1.92. The molecular weight excluding hydrogens is 302 g/mol.